The maximum absolute atomic E-state index is 12.3. The van der Waals surface area contributed by atoms with E-state index < -0.39 is 6.04 Å². The van der Waals surface area contributed by atoms with Crippen LogP contribution in [-0.4, -0.2) is 10.9 Å². The van der Waals surface area contributed by atoms with E-state index in [-0.39, 0.29) is 10.9 Å². The van der Waals surface area contributed by atoms with Crippen LogP contribution in [0.3, 0.4) is 0 Å². The monoisotopic (exact) mass is 284 g/mol. The second-order valence-corrected chi connectivity index (χ2v) is 5.01. The summed E-state index contributed by atoms with van der Waals surface area (Å²) in [4.78, 5) is 12.6. The summed E-state index contributed by atoms with van der Waals surface area (Å²) in [5.41, 5.74) is 8.17. The number of amides is 1. The molecule has 0 saturated carbocycles. The van der Waals surface area contributed by atoms with Crippen molar-refractivity contribution in [2.75, 3.05) is 0 Å². The normalized spacial score (nSPS) is 11.7. The quantitative estimate of drug-likeness (QED) is 0.849. The molecule has 2 aromatic carbocycles. The molecular weight excluding hydrogens is 268 g/mol. The molecule has 3 N–H and O–H groups in total. The van der Waals surface area contributed by atoms with Crippen LogP contribution in [0.5, 0.6) is 0 Å². The standard InChI is InChI=1S/C16H16N2OS/c1-11-7-5-6-10-13(11)16(19)18-14(15(17)20)12-8-3-2-4-9-12/h2-10,14H,1H3,(H2,17,20)(H,18,19). The lowest BCUT2D eigenvalue weighted by Crippen LogP contribution is -2.36. The molecule has 1 amide bonds. The first-order valence-corrected chi connectivity index (χ1v) is 6.71. The molecule has 0 fully saturated rings. The van der Waals surface area contributed by atoms with Crippen LogP contribution >= 0.6 is 12.2 Å². The average molecular weight is 284 g/mol. The average Bonchev–Trinajstić information content (AvgIpc) is 2.45. The van der Waals surface area contributed by atoms with Crippen LogP contribution in [0.15, 0.2) is 54.6 Å². The first-order valence-electron chi connectivity index (χ1n) is 6.30. The summed E-state index contributed by atoms with van der Waals surface area (Å²) in [5, 5.41) is 2.88. The number of nitrogens with one attached hydrogen (secondary N) is 1. The van der Waals surface area contributed by atoms with Crippen LogP contribution in [0.4, 0.5) is 0 Å². The van der Waals surface area contributed by atoms with Crippen LogP contribution in [-0.2, 0) is 0 Å². The Labute approximate surface area is 123 Å². The predicted molar refractivity (Wildman–Crippen MR) is 84.6 cm³/mol. The molecule has 4 heteroatoms. The van der Waals surface area contributed by atoms with Gasteiger partial charge in [0.25, 0.3) is 5.91 Å². The van der Waals surface area contributed by atoms with Gasteiger partial charge in [0.1, 0.15) is 11.0 Å². The van der Waals surface area contributed by atoms with E-state index in [1.807, 2.05) is 55.5 Å². The second-order valence-electron chi connectivity index (χ2n) is 4.53. The number of aryl methyl sites for hydroxylation is 1. The van der Waals surface area contributed by atoms with Gasteiger partial charge in [0, 0.05) is 5.56 Å². The predicted octanol–water partition coefficient (Wildman–Crippen LogP) is 2.75. The molecule has 0 aliphatic carbocycles. The Bertz CT molecular complexity index is 625. The Kier molecular flexibility index (Phi) is 4.48. The topological polar surface area (TPSA) is 55.1 Å². The first-order chi connectivity index (χ1) is 9.59. The van der Waals surface area contributed by atoms with Gasteiger partial charge in [0.2, 0.25) is 0 Å². The SMILES string of the molecule is Cc1ccccc1C(=O)NC(C(N)=S)c1ccccc1. The Morgan fingerprint density at radius 2 is 1.70 bits per heavy atom. The summed E-state index contributed by atoms with van der Waals surface area (Å²) in [6.07, 6.45) is 0. The van der Waals surface area contributed by atoms with Crippen molar-refractivity contribution in [3.05, 3.63) is 71.3 Å². The maximum atomic E-state index is 12.3. The lowest BCUT2D eigenvalue weighted by atomic mass is 10.0. The lowest BCUT2D eigenvalue weighted by Gasteiger charge is -2.18. The highest BCUT2D eigenvalue weighted by atomic mass is 32.1. The molecule has 1 atom stereocenters. The highest BCUT2D eigenvalue weighted by molar-refractivity contribution is 7.80. The fraction of sp³-hybridized carbons (Fsp3) is 0.125. The van der Waals surface area contributed by atoms with Crippen LogP contribution in [0.25, 0.3) is 0 Å². The Morgan fingerprint density at radius 1 is 1.10 bits per heavy atom. The van der Waals surface area contributed by atoms with Gasteiger partial charge < -0.3 is 11.1 Å². The molecule has 1 unspecified atom stereocenters. The number of carbonyl (C=O) groups excluding carboxylic acids is 1. The van der Waals surface area contributed by atoms with Gasteiger partial charge >= 0.3 is 0 Å². The molecule has 0 aliphatic rings. The van der Waals surface area contributed by atoms with Crippen molar-refractivity contribution in [3.8, 4) is 0 Å². The number of benzene rings is 2. The molecule has 102 valence electrons. The molecule has 20 heavy (non-hydrogen) atoms. The number of thiocarbonyl (C=S) groups is 1. The van der Waals surface area contributed by atoms with Crippen molar-refractivity contribution in [2.45, 2.75) is 13.0 Å². The van der Waals surface area contributed by atoms with Crippen LogP contribution in [0.1, 0.15) is 27.5 Å². The zero-order chi connectivity index (χ0) is 14.5. The van der Waals surface area contributed by atoms with Gasteiger partial charge in [-0.2, -0.15) is 0 Å². The summed E-state index contributed by atoms with van der Waals surface area (Å²) in [6, 6.07) is 16.4. The van der Waals surface area contributed by atoms with E-state index in [4.69, 9.17) is 18.0 Å². The van der Waals surface area contributed by atoms with Crippen LogP contribution in [0.2, 0.25) is 0 Å². The molecule has 2 rings (SSSR count). The van der Waals surface area contributed by atoms with E-state index >= 15 is 0 Å². The Hall–Kier alpha value is -2.20. The van der Waals surface area contributed by atoms with Gasteiger partial charge in [-0.3, -0.25) is 4.79 Å². The minimum absolute atomic E-state index is 0.176. The summed E-state index contributed by atoms with van der Waals surface area (Å²) in [6.45, 7) is 1.90. The maximum Gasteiger partial charge on any atom is 0.252 e. The molecule has 0 saturated heterocycles. The number of rotatable bonds is 4. The molecule has 0 spiro atoms. The molecule has 0 aliphatic heterocycles. The van der Waals surface area contributed by atoms with Crippen molar-refractivity contribution < 1.29 is 4.79 Å². The smallest absolute Gasteiger partial charge is 0.252 e. The minimum Gasteiger partial charge on any atom is -0.391 e. The van der Waals surface area contributed by atoms with Crippen molar-refractivity contribution in [1.82, 2.24) is 5.32 Å². The minimum atomic E-state index is -0.460. The molecular formula is C16H16N2OS. The third-order valence-corrected chi connectivity index (χ3v) is 3.32. The van der Waals surface area contributed by atoms with Crippen LogP contribution in [0, 0.1) is 6.92 Å². The van der Waals surface area contributed by atoms with Gasteiger partial charge in [-0.1, -0.05) is 60.7 Å². The van der Waals surface area contributed by atoms with Crippen LogP contribution < -0.4 is 11.1 Å². The molecule has 0 aromatic heterocycles. The fourth-order valence-corrected chi connectivity index (χ4v) is 2.20. The van der Waals surface area contributed by atoms with Crippen molar-refractivity contribution in [1.29, 1.82) is 0 Å². The zero-order valence-electron chi connectivity index (χ0n) is 11.2. The molecule has 3 nitrogen and oxygen atoms in total. The molecule has 2 aromatic rings. The van der Waals surface area contributed by atoms with Gasteiger partial charge in [0.05, 0.1) is 0 Å². The summed E-state index contributed by atoms with van der Waals surface area (Å²) >= 11 is 5.06. The van der Waals surface area contributed by atoms with Crippen molar-refractivity contribution in [2.24, 2.45) is 5.73 Å². The number of carbonyl (C=O) groups is 1. The van der Waals surface area contributed by atoms with Gasteiger partial charge in [0.15, 0.2) is 0 Å². The second kappa shape index (κ2) is 6.30. The van der Waals surface area contributed by atoms with Crippen molar-refractivity contribution >= 4 is 23.1 Å². The molecule has 0 radical (unpaired) electrons. The third-order valence-electron chi connectivity index (χ3n) is 3.08. The summed E-state index contributed by atoms with van der Waals surface area (Å²) in [5.74, 6) is -0.176. The molecule has 0 heterocycles. The zero-order valence-corrected chi connectivity index (χ0v) is 12.0. The van der Waals surface area contributed by atoms with Crippen molar-refractivity contribution in [3.63, 3.8) is 0 Å². The highest BCUT2D eigenvalue weighted by Crippen LogP contribution is 2.15. The van der Waals surface area contributed by atoms with E-state index in [1.165, 1.54) is 0 Å². The van der Waals surface area contributed by atoms with Gasteiger partial charge in [-0.25, -0.2) is 0 Å². The number of hydrogen-bond acceptors (Lipinski definition) is 2. The fourth-order valence-electron chi connectivity index (χ4n) is 2.00. The summed E-state index contributed by atoms with van der Waals surface area (Å²) < 4.78 is 0. The van der Waals surface area contributed by atoms with E-state index in [0.717, 1.165) is 11.1 Å². The Morgan fingerprint density at radius 3 is 2.30 bits per heavy atom. The third kappa shape index (κ3) is 3.22. The number of nitrogens with two attached hydrogens (primary N) is 1. The van der Waals surface area contributed by atoms with E-state index in [2.05, 4.69) is 5.32 Å². The first kappa shape index (κ1) is 14.2. The van der Waals surface area contributed by atoms with E-state index in [9.17, 15) is 4.79 Å². The van der Waals surface area contributed by atoms with Gasteiger partial charge in [-0.05, 0) is 24.1 Å². The van der Waals surface area contributed by atoms with E-state index in [0.29, 0.717) is 5.56 Å². The highest BCUT2D eigenvalue weighted by Gasteiger charge is 2.18. The summed E-state index contributed by atoms with van der Waals surface area (Å²) in [7, 11) is 0. The Balaban J connectivity index is 2.24. The van der Waals surface area contributed by atoms with E-state index in [1.54, 1.807) is 6.07 Å². The largest absolute Gasteiger partial charge is 0.391 e. The lowest BCUT2D eigenvalue weighted by molar-refractivity contribution is 0.0946. The molecule has 0 bridgehead atoms. The van der Waals surface area contributed by atoms with Gasteiger partial charge in [-0.15, -0.1) is 0 Å². The number of hydrogen-bond donors (Lipinski definition) is 2.